The summed E-state index contributed by atoms with van der Waals surface area (Å²) in [6.45, 7) is 0. The van der Waals surface area contributed by atoms with Crippen LogP contribution >= 0.6 is 0 Å². The highest BCUT2D eigenvalue weighted by Gasteiger charge is 2.45. The second kappa shape index (κ2) is 5.46. The fraction of sp³-hybridized carbons (Fsp3) is 0.0400. The van der Waals surface area contributed by atoms with Gasteiger partial charge < -0.3 is 0 Å². The van der Waals surface area contributed by atoms with E-state index in [9.17, 15) is 0 Å². The molecule has 0 N–H and O–H groups in total. The minimum atomic E-state index is -0.317. The van der Waals surface area contributed by atoms with Gasteiger partial charge in [-0.25, -0.2) is 0 Å². The summed E-state index contributed by atoms with van der Waals surface area (Å²) in [6.07, 6.45) is 0. The Morgan fingerprint density at radius 2 is 0.920 bits per heavy atom. The fourth-order valence-electron chi connectivity index (χ4n) is 4.22. The summed E-state index contributed by atoms with van der Waals surface area (Å²) in [5, 5.41) is 0. The predicted octanol–water partition coefficient (Wildman–Crippen LogP) is 5.65. The van der Waals surface area contributed by atoms with E-state index in [1.165, 1.54) is 22.3 Å². The van der Waals surface area contributed by atoms with Crippen molar-refractivity contribution in [3.8, 4) is 11.1 Å². The molecular formula is C25H16. The van der Waals surface area contributed by atoms with Crippen LogP contribution in [0, 0.1) is 12.1 Å². The first kappa shape index (κ1) is 14.2. The van der Waals surface area contributed by atoms with Crippen LogP contribution in [0.2, 0.25) is 0 Å². The molecule has 4 aromatic rings. The SMILES string of the molecule is [c]1cccc2c1-c1[c]cccc1C2(c1ccccc1)c1ccccc1. The van der Waals surface area contributed by atoms with Crippen molar-refractivity contribution >= 4 is 0 Å². The molecule has 116 valence electrons. The number of benzene rings is 4. The summed E-state index contributed by atoms with van der Waals surface area (Å²) in [4.78, 5) is 0. The van der Waals surface area contributed by atoms with Crippen molar-refractivity contribution in [1.82, 2.24) is 0 Å². The van der Waals surface area contributed by atoms with Crippen LogP contribution in [0.25, 0.3) is 11.1 Å². The average molecular weight is 316 g/mol. The lowest BCUT2D eigenvalue weighted by molar-refractivity contribution is 0.768. The van der Waals surface area contributed by atoms with Gasteiger partial charge in [0.25, 0.3) is 0 Å². The van der Waals surface area contributed by atoms with Gasteiger partial charge in [0.1, 0.15) is 0 Å². The maximum atomic E-state index is 3.47. The van der Waals surface area contributed by atoms with Crippen LogP contribution in [0.3, 0.4) is 0 Å². The normalized spacial score (nSPS) is 13.9. The van der Waals surface area contributed by atoms with Crippen LogP contribution in [0.15, 0.2) is 97.1 Å². The molecule has 4 aromatic carbocycles. The average Bonchev–Trinajstić information content (AvgIpc) is 3.01. The second-order valence-corrected chi connectivity index (χ2v) is 6.40. The lowest BCUT2D eigenvalue weighted by Crippen LogP contribution is -2.28. The lowest BCUT2D eigenvalue weighted by Gasteiger charge is -2.33. The van der Waals surface area contributed by atoms with Crippen LogP contribution in [0.4, 0.5) is 0 Å². The van der Waals surface area contributed by atoms with Gasteiger partial charge in [-0.1, -0.05) is 97.1 Å². The molecule has 5 rings (SSSR count). The molecule has 0 amide bonds. The van der Waals surface area contributed by atoms with Gasteiger partial charge >= 0.3 is 0 Å². The van der Waals surface area contributed by atoms with Crippen molar-refractivity contribution in [2.75, 3.05) is 0 Å². The van der Waals surface area contributed by atoms with E-state index in [0.29, 0.717) is 0 Å². The maximum absolute atomic E-state index is 3.47. The van der Waals surface area contributed by atoms with Crippen LogP contribution in [0.5, 0.6) is 0 Å². The van der Waals surface area contributed by atoms with E-state index in [0.717, 1.165) is 11.1 Å². The molecular weight excluding hydrogens is 300 g/mol. The largest absolute Gasteiger partial charge is 0.0714 e. The molecule has 0 fully saturated rings. The summed E-state index contributed by atoms with van der Waals surface area (Å²) < 4.78 is 0. The molecule has 1 aliphatic rings. The van der Waals surface area contributed by atoms with Gasteiger partial charge in [0.15, 0.2) is 0 Å². The second-order valence-electron chi connectivity index (χ2n) is 6.40. The molecule has 0 unspecified atom stereocenters. The highest BCUT2D eigenvalue weighted by Crippen LogP contribution is 2.55. The summed E-state index contributed by atoms with van der Waals surface area (Å²) >= 11 is 0. The zero-order chi connectivity index (χ0) is 16.7. The van der Waals surface area contributed by atoms with Crippen molar-refractivity contribution in [3.63, 3.8) is 0 Å². The molecule has 0 heteroatoms. The Hall–Kier alpha value is -3.12. The maximum Gasteiger partial charge on any atom is 0.0714 e. The molecule has 0 nitrogen and oxygen atoms in total. The summed E-state index contributed by atoms with van der Waals surface area (Å²) in [5.41, 5.74) is 7.12. The Morgan fingerprint density at radius 1 is 0.480 bits per heavy atom. The number of hydrogen-bond donors (Lipinski definition) is 0. The van der Waals surface area contributed by atoms with Crippen LogP contribution in [-0.2, 0) is 5.41 Å². The molecule has 2 radical (unpaired) electrons. The van der Waals surface area contributed by atoms with Crippen molar-refractivity contribution in [2.24, 2.45) is 0 Å². The number of fused-ring (bicyclic) bond motifs is 3. The van der Waals surface area contributed by atoms with E-state index in [-0.39, 0.29) is 5.41 Å². The van der Waals surface area contributed by atoms with Crippen LogP contribution in [-0.4, -0.2) is 0 Å². The van der Waals surface area contributed by atoms with E-state index in [1.54, 1.807) is 0 Å². The third-order valence-corrected chi connectivity index (χ3v) is 5.18. The van der Waals surface area contributed by atoms with Crippen molar-refractivity contribution in [1.29, 1.82) is 0 Å². The zero-order valence-electron chi connectivity index (χ0n) is 13.7. The van der Waals surface area contributed by atoms with E-state index in [1.807, 2.05) is 12.1 Å². The first-order valence-electron chi connectivity index (χ1n) is 8.56. The molecule has 0 atom stereocenters. The van der Waals surface area contributed by atoms with Crippen LogP contribution < -0.4 is 0 Å². The Morgan fingerprint density at radius 3 is 1.36 bits per heavy atom. The molecule has 1 aliphatic carbocycles. The first-order valence-corrected chi connectivity index (χ1v) is 8.56. The third kappa shape index (κ3) is 1.88. The highest BCUT2D eigenvalue weighted by molar-refractivity contribution is 5.85. The van der Waals surface area contributed by atoms with Crippen LogP contribution in [0.1, 0.15) is 22.3 Å². The highest BCUT2D eigenvalue weighted by atomic mass is 14.5. The Kier molecular flexibility index (Phi) is 3.11. The van der Waals surface area contributed by atoms with Gasteiger partial charge in [-0.2, -0.15) is 0 Å². The molecule has 25 heavy (non-hydrogen) atoms. The Labute approximate surface area is 148 Å². The van der Waals surface area contributed by atoms with Gasteiger partial charge in [0.2, 0.25) is 0 Å². The van der Waals surface area contributed by atoms with E-state index in [2.05, 4.69) is 97.1 Å². The van der Waals surface area contributed by atoms with Gasteiger partial charge in [0.05, 0.1) is 5.41 Å². The number of hydrogen-bond acceptors (Lipinski definition) is 0. The topological polar surface area (TPSA) is 0 Å². The molecule has 0 aliphatic heterocycles. The molecule has 0 saturated heterocycles. The van der Waals surface area contributed by atoms with Crippen molar-refractivity contribution in [3.05, 3.63) is 131 Å². The third-order valence-electron chi connectivity index (χ3n) is 5.18. The van der Waals surface area contributed by atoms with E-state index in [4.69, 9.17) is 0 Å². The quantitative estimate of drug-likeness (QED) is 0.395. The zero-order valence-corrected chi connectivity index (χ0v) is 13.7. The van der Waals surface area contributed by atoms with Crippen molar-refractivity contribution < 1.29 is 0 Å². The standard InChI is InChI=1S/C25H16/c1-3-11-19(12-4-1)25(20-13-5-2-6-14-20)23-17-9-7-15-21(23)22-16-8-10-18-24(22)25/h1-14,17-18H. The Balaban J connectivity index is 1.98. The first-order chi connectivity index (χ1) is 12.4. The molecule has 0 heterocycles. The smallest absolute Gasteiger partial charge is 0.0622 e. The molecule has 0 aromatic heterocycles. The van der Waals surface area contributed by atoms with Gasteiger partial charge in [-0.3, -0.25) is 0 Å². The van der Waals surface area contributed by atoms with Gasteiger partial charge in [-0.15, -0.1) is 0 Å². The monoisotopic (exact) mass is 316 g/mol. The minimum Gasteiger partial charge on any atom is -0.0622 e. The summed E-state index contributed by atoms with van der Waals surface area (Å²) in [7, 11) is 0. The minimum absolute atomic E-state index is 0.317. The fourth-order valence-corrected chi connectivity index (χ4v) is 4.22. The summed E-state index contributed by atoms with van der Waals surface area (Å²) in [5.74, 6) is 0. The molecule has 0 spiro atoms. The lowest BCUT2D eigenvalue weighted by atomic mass is 9.68. The molecule has 0 bridgehead atoms. The van der Waals surface area contributed by atoms with Gasteiger partial charge in [-0.05, 0) is 45.5 Å². The van der Waals surface area contributed by atoms with E-state index < -0.39 is 0 Å². The van der Waals surface area contributed by atoms with Gasteiger partial charge in [0, 0.05) is 0 Å². The Bertz CT molecular complexity index is 943. The van der Waals surface area contributed by atoms with Crippen molar-refractivity contribution in [2.45, 2.75) is 5.41 Å². The number of rotatable bonds is 2. The predicted molar refractivity (Wildman–Crippen MR) is 101 cm³/mol. The van der Waals surface area contributed by atoms with E-state index >= 15 is 0 Å². The summed E-state index contributed by atoms with van der Waals surface area (Å²) in [6, 6.07) is 41.1. The molecule has 0 saturated carbocycles.